The number of aliphatic hydroxyl groups is 1. The number of nitrogens with one attached hydrogen (secondary N) is 2. The molecule has 0 aromatic heterocycles. The molecule has 100 valence electrons. The predicted molar refractivity (Wildman–Crippen MR) is 68.8 cm³/mol. The Balaban J connectivity index is 2.18. The van der Waals surface area contributed by atoms with Crippen molar-refractivity contribution < 1.29 is 9.90 Å². The fourth-order valence-corrected chi connectivity index (χ4v) is 2.31. The van der Waals surface area contributed by atoms with Crippen molar-refractivity contribution in [1.82, 2.24) is 10.6 Å². The normalized spacial score (nSPS) is 30.7. The number of carbonyl (C=O) groups excluding carboxylic acids is 1. The number of aliphatic hydroxyl groups excluding tert-OH is 1. The van der Waals surface area contributed by atoms with Gasteiger partial charge in [0.15, 0.2) is 0 Å². The summed E-state index contributed by atoms with van der Waals surface area (Å²) >= 11 is 0. The SMILES string of the molecule is C[C@H](O)CCNC(=O)N[C@@H]1CC[C@@H](C)[C@H](C)C1. The van der Waals surface area contributed by atoms with Crippen LogP contribution in [0.15, 0.2) is 0 Å². The zero-order valence-electron chi connectivity index (χ0n) is 11.2. The largest absolute Gasteiger partial charge is 0.393 e. The molecule has 0 aromatic rings. The molecule has 0 unspecified atom stereocenters. The van der Waals surface area contributed by atoms with Gasteiger partial charge in [0, 0.05) is 12.6 Å². The molecule has 3 N–H and O–H groups in total. The van der Waals surface area contributed by atoms with Gasteiger partial charge in [-0.25, -0.2) is 4.79 Å². The van der Waals surface area contributed by atoms with Crippen molar-refractivity contribution in [2.45, 2.75) is 58.6 Å². The molecule has 0 spiro atoms. The molecule has 17 heavy (non-hydrogen) atoms. The van der Waals surface area contributed by atoms with E-state index in [-0.39, 0.29) is 12.1 Å². The Labute approximate surface area is 104 Å². The zero-order valence-corrected chi connectivity index (χ0v) is 11.2. The first kappa shape index (κ1) is 14.3. The van der Waals surface area contributed by atoms with Crippen LogP contribution in [-0.2, 0) is 0 Å². The van der Waals surface area contributed by atoms with Gasteiger partial charge in [-0.05, 0) is 44.4 Å². The first-order valence-electron chi connectivity index (χ1n) is 6.71. The average molecular weight is 242 g/mol. The van der Waals surface area contributed by atoms with Gasteiger partial charge in [0.2, 0.25) is 0 Å². The summed E-state index contributed by atoms with van der Waals surface area (Å²) in [5.74, 6) is 1.46. The molecular formula is C13H26N2O2. The van der Waals surface area contributed by atoms with Crippen molar-refractivity contribution in [3.63, 3.8) is 0 Å². The van der Waals surface area contributed by atoms with E-state index in [1.54, 1.807) is 6.92 Å². The van der Waals surface area contributed by atoms with Gasteiger partial charge >= 0.3 is 6.03 Å². The number of rotatable bonds is 4. The molecule has 0 saturated heterocycles. The van der Waals surface area contributed by atoms with Crippen LogP contribution < -0.4 is 10.6 Å². The van der Waals surface area contributed by atoms with Crippen molar-refractivity contribution in [2.24, 2.45) is 11.8 Å². The molecule has 0 aromatic carbocycles. The van der Waals surface area contributed by atoms with Gasteiger partial charge in [-0.15, -0.1) is 0 Å². The minimum Gasteiger partial charge on any atom is -0.393 e. The predicted octanol–water partition coefficient (Wildman–Crippen LogP) is 1.88. The van der Waals surface area contributed by atoms with E-state index in [2.05, 4.69) is 24.5 Å². The summed E-state index contributed by atoms with van der Waals surface area (Å²) in [4.78, 5) is 11.6. The second kappa shape index (κ2) is 6.84. The first-order chi connectivity index (χ1) is 7.99. The highest BCUT2D eigenvalue weighted by atomic mass is 16.3. The molecule has 4 heteroatoms. The summed E-state index contributed by atoms with van der Waals surface area (Å²) in [5, 5.41) is 14.9. The molecule has 0 heterocycles. The minimum absolute atomic E-state index is 0.0996. The minimum atomic E-state index is -0.356. The van der Waals surface area contributed by atoms with Gasteiger partial charge in [-0.2, -0.15) is 0 Å². The third kappa shape index (κ3) is 5.39. The van der Waals surface area contributed by atoms with Gasteiger partial charge in [-0.1, -0.05) is 13.8 Å². The standard InChI is InChI=1S/C13H26N2O2/c1-9-4-5-12(8-10(9)2)15-13(17)14-7-6-11(3)16/h9-12,16H,4-8H2,1-3H3,(H2,14,15,17)/t9-,10-,11+,12-/m1/s1. The Morgan fingerprint density at radius 3 is 2.65 bits per heavy atom. The lowest BCUT2D eigenvalue weighted by molar-refractivity contribution is 0.181. The van der Waals surface area contributed by atoms with Crippen LogP contribution >= 0.6 is 0 Å². The van der Waals surface area contributed by atoms with E-state index in [1.165, 1.54) is 6.42 Å². The van der Waals surface area contributed by atoms with Gasteiger partial charge < -0.3 is 15.7 Å². The molecule has 1 fully saturated rings. The van der Waals surface area contributed by atoms with E-state index >= 15 is 0 Å². The molecule has 0 radical (unpaired) electrons. The van der Waals surface area contributed by atoms with Crippen molar-refractivity contribution in [3.05, 3.63) is 0 Å². The van der Waals surface area contributed by atoms with Gasteiger partial charge in [0.05, 0.1) is 6.10 Å². The summed E-state index contributed by atoms with van der Waals surface area (Å²) in [5.41, 5.74) is 0. The number of urea groups is 1. The van der Waals surface area contributed by atoms with Crippen molar-refractivity contribution >= 4 is 6.03 Å². The molecule has 4 atom stereocenters. The number of hydrogen-bond donors (Lipinski definition) is 3. The summed E-state index contributed by atoms with van der Waals surface area (Å²) in [6.07, 6.45) is 3.59. The second-order valence-electron chi connectivity index (χ2n) is 5.50. The topological polar surface area (TPSA) is 61.4 Å². The summed E-state index contributed by atoms with van der Waals surface area (Å²) < 4.78 is 0. The Morgan fingerprint density at radius 2 is 2.06 bits per heavy atom. The van der Waals surface area contributed by atoms with Crippen LogP contribution in [0.5, 0.6) is 0 Å². The molecule has 1 rings (SSSR count). The lowest BCUT2D eigenvalue weighted by Crippen LogP contribution is -2.45. The monoisotopic (exact) mass is 242 g/mol. The zero-order chi connectivity index (χ0) is 12.8. The van der Waals surface area contributed by atoms with Crippen molar-refractivity contribution in [2.75, 3.05) is 6.54 Å². The van der Waals surface area contributed by atoms with Gasteiger partial charge in [-0.3, -0.25) is 0 Å². The maximum absolute atomic E-state index is 11.6. The number of amides is 2. The van der Waals surface area contributed by atoms with E-state index < -0.39 is 0 Å². The third-order valence-corrected chi connectivity index (χ3v) is 3.78. The Morgan fingerprint density at radius 1 is 1.35 bits per heavy atom. The maximum atomic E-state index is 11.6. The van der Waals surface area contributed by atoms with E-state index in [0.717, 1.165) is 18.8 Å². The van der Waals surface area contributed by atoms with E-state index in [0.29, 0.717) is 24.9 Å². The average Bonchev–Trinajstić information content (AvgIpc) is 2.23. The van der Waals surface area contributed by atoms with Crippen molar-refractivity contribution in [1.29, 1.82) is 0 Å². The molecule has 0 aliphatic heterocycles. The lowest BCUT2D eigenvalue weighted by atomic mass is 9.79. The summed E-state index contributed by atoms with van der Waals surface area (Å²) in [7, 11) is 0. The highest BCUT2D eigenvalue weighted by Gasteiger charge is 2.25. The van der Waals surface area contributed by atoms with Gasteiger partial charge in [0.1, 0.15) is 0 Å². The molecule has 4 nitrogen and oxygen atoms in total. The van der Waals surface area contributed by atoms with Crippen molar-refractivity contribution in [3.8, 4) is 0 Å². The molecule has 0 bridgehead atoms. The van der Waals surface area contributed by atoms with E-state index in [9.17, 15) is 4.79 Å². The van der Waals surface area contributed by atoms with Crippen LogP contribution in [0.2, 0.25) is 0 Å². The van der Waals surface area contributed by atoms with Crippen LogP contribution in [0.3, 0.4) is 0 Å². The smallest absolute Gasteiger partial charge is 0.315 e. The number of hydrogen-bond acceptors (Lipinski definition) is 2. The summed E-state index contributed by atoms with van der Waals surface area (Å²) in [6, 6.07) is 0.213. The van der Waals surface area contributed by atoms with Gasteiger partial charge in [0.25, 0.3) is 0 Å². The maximum Gasteiger partial charge on any atom is 0.315 e. The highest BCUT2D eigenvalue weighted by Crippen LogP contribution is 2.29. The fraction of sp³-hybridized carbons (Fsp3) is 0.923. The van der Waals surface area contributed by atoms with E-state index in [1.807, 2.05) is 0 Å². The van der Waals surface area contributed by atoms with E-state index in [4.69, 9.17) is 5.11 Å². The molecule has 1 aliphatic rings. The van der Waals surface area contributed by atoms with Crippen LogP contribution in [0.1, 0.15) is 46.5 Å². The Hall–Kier alpha value is -0.770. The molecule has 1 aliphatic carbocycles. The number of carbonyl (C=O) groups is 1. The Bertz CT molecular complexity index is 244. The lowest BCUT2D eigenvalue weighted by Gasteiger charge is -2.32. The second-order valence-corrected chi connectivity index (χ2v) is 5.50. The summed E-state index contributed by atoms with van der Waals surface area (Å²) in [6.45, 7) is 6.79. The molecule has 1 saturated carbocycles. The quantitative estimate of drug-likeness (QED) is 0.705. The van der Waals surface area contributed by atoms with Crippen LogP contribution in [0.4, 0.5) is 4.79 Å². The third-order valence-electron chi connectivity index (χ3n) is 3.78. The van der Waals surface area contributed by atoms with Crippen LogP contribution in [-0.4, -0.2) is 29.8 Å². The molecule has 2 amide bonds. The highest BCUT2D eigenvalue weighted by molar-refractivity contribution is 5.74. The van der Waals surface area contributed by atoms with Crippen LogP contribution in [0.25, 0.3) is 0 Å². The Kier molecular flexibility index (Phi) is 5.75. The first-order valence-corrected chi connectivity index (χ1v) is 6.71. The van der Waals surface area contributed by atoms with Crippen LogP contribution in [0, 0.1) is 11.8 Å². The molecular weight excluding hydrogens is 216 g/mol. The fourth-order valence-electron chi connectivity index (χ4n) is 2.31.